The summed E-state index contributed by atoms with van der Waals surface area (Å²) in [7, 11) is 0. The Morgan fingerprint density at radius 1 is 1.47 bits per heavy atom. The van der Waals surface area contributed by atoms with Crippen LogP contribution >= 0.6 is 0 Å². The molecule has 4 heteroatoms. The van der Waals surface area contributed by atoms with Crippen LogP contribution in [0.25, 0.3) is 0 Å². The molecule has 1 aromatic rings. The third-order valence-electron chi connectivity index (χ3n) is 2.36. The third-order valence-corrected chi connectivity index (χ3v) is 2.36. The smallest absolute Gasteiger partial charge is 0.296 e. The molecular weight excluding hydrogens is 192 g/mol. The van der Waals surface area contributed by atoms with Crippen LogP contribution < -0.4 is 11.2 Å². The van der Waals surface area contributed by atoms with Crippen LogP contribution in [0.5, 0.6) is 0 Å². The summed E-state index contributed by atoms with van der Waals surface area (Å²) in [6.07, 6.45) is 3.06. The molecule has 1 heterocycles. The summed E-state index contributed by atoms with van der Waals surface area (Å²) in [4.78, 5) is 25.0. The molecule has 0 fully saturated rings. The van der Waals surface area contributed by atoms with Crippen molar-refractivity contribution in [3.8, 4) is 0 Å². The highest BCUT2D eigenvalue weighted by molar-refractivity contribution is 5.05. The monoisotopic (exact) mass is 208 g/mol. The number of nitrogens with zero attached hydrogens (tertiary/aromatic N) is 1. The second-order valence-corrected chi connectivity index (χ2v) is 3.50. The Bertz CT molecular complexity index is 468. The van der Waals surface area contributed by atoms with Gasteiger partial charge in [-0.3, -0.25) is 14.3 Å². The fraction of sp³-hybridized carbons (Fsp3) is 0.455. The van der Waals surface area contributed by atoms with Crippen molar-refractivity contribution < 1.29 is 0 Å². The van der Waals surface area contributed by atoms with Crippen LogP contribution in [0, 0.1) is 0 Å². The molecular formula is C11H16N2O2. The maximum atomic E-state index is 11.4. The van der Waals surface area contributed by atoms with E-state index in [-0.39, 0.29) is 11.2 Å². The third kappa shape index (κ3) is 2.68. The van der Waals surface area contributed by atoms with E-state index in [0.29, 0.717) is 18.5 Å². The van der Waals surface area contributed by atoms with Crippen molar-refractivity contribution in [2.45, 2.75) is 33.2 Å². The molecule has 0 bridgehead atoms. The first-order valence-electron chi connectivity index (χ1n) is 5.07. The van der Waals surface area contributed by atoms with E-state index in [2.05, 4.69) is 11.6 Å². The van der Waals surface area contributed by atoms with Crippen molar-refractivity contribution in [1.29, 1.82) is 0 Å². The first-order chi connectivity index (χ1) is 7.08. The van der Waals surface area contributed by atoms with Crippen LogP contribution in [0.4, 0.5) is 0 Å². The van der Waals surface area contributed by atoms with Crippen LogP contribution in [0.2, 0.25) is 0 Å². The van der Waals surface area contributed by atoms with Gasteiger partial charge in [-0.25, -0.2) is 4.79 Å². The molecule has 0 aliphatic rings. The molecule has 0 spiro atoms. The quantitative estimate of drug-likeness (QED) is 0.752. The van der Waals surface area contributed by atoms with Crippen molar-refractivity contribution in [2.75, 3.05) is 0 Å². The number of aromatic nitrogens is 2. The molecule has 1 N–H and O–H groups in total. The van der Waals surface area contributed by atoms with Crippen LogP contribution in [0.1, 0.15) is 25.8 Å². The molecule has 0 aromatic carbocycles. The largest absolute Gasteiger partial charge is 0.328 e. The van der Waals surface area contributed by atoms with Gasteiger partial charge in [0.15, 0.2) is 0 Å². The highest BCUT2D eigenvalue weighted by atomic mass is 16.2. The number of rotatable bonds is 4. The highest BCUT2D eigenvalue weighted by Gasteiger charge is 2.03. The normalized spacial score (nSPS) is 10.3. The average Bonchev–Trinajstić information content (AvgIpc) is 2.21. The Morgan fingerprint density at radius 3 is 2.67 bits per heavy atom. The summed E-state index contributed by atoms with van der Waals surface area (Å²) in [5.41, 5.74) is 0.928. The van der Waals surface area contributed by atoms with Crippen LogP contribution in [-0.2, 0) is 13.0 Å². The zero-order valence-corrected chi connectivity index (χ0v) is 9.17. The minimum Gasteiger partial charge on any atom is -0.296 e. The molecule has 0 aliphatic carbocycles. The second-order valence-electron chi connectivity index (χ2n) is 3.50. The van der Waals surface area contributed by atoms with Crippen molar-refractivity contribution >= 4 is 0 Å². The minimum absolute atomic E-state index is 0.291. The minimum atomic E-state index is -0.369. The molecule has 0 saturated heterocycles. The van der Waals surface area contributed by atoms with E-state index in [1.807, 2.05) is 13.8 Å². The number of aryl methyl sites for hydroxylation is 1. The standard InChI is InChI=1S/C11H16N2O2/c1-4-8(3)6-13-7-9(5-2)10(14)12-11(13)15/h7H,3-6H2,1-2H3,(H,12,14,15). The number of nitrogens with one attached hydrogen (secondary N) is 1. The van der Waals surface area contributed by atoms with E-state index in [0.717, 1.165) is 12.0 Å². The molecule has 0 unspecified atom stereocenters. The van der Waals surface area contributed by atoms with Gasteiger partial charge in [-0.1, -0.05) is 26.0 Å². The lowest BCUT2D eigenvalue weighted by molar-refractivity contribution is 0.686. The van der Waals surface area contributed by atoms with Crippen LogP contribution in [0.3, 0.4) is 0 Å². The molecule has 0 amide bonds. The summed E-state index contributed by atoms with van der Waals surface area (Å²) >= 11 is 0. The fourth-order valence-corrected chi connectivity index (χ4v) is 1.28. The van der Waals surface area contributed by atoms with E-state index >= 15 is 0 Å². The Balaban J connectivity index is 3.14. The fourth-order valence-electron chi connectivity index (χ4n) is 1.28. The van der Waals surface area contributed by atoms with Gasteiger partial charge in [-0.2, -0.15) is 0 Å². The van der Waals surface area contributed by atoms with Gasteiger partial charge in [-0.15, -0.1) is 0 Å². The molecule has 0 aliphatic heterocycles. The zero-order valence-electron chi connectivity index (χ0n) is 9.17. The van der Waals surface area contributed by atoms with E-state index in [1.54, 1.807) is 6.20 Å². The molecule has 0 saturated carbocycles. The van der Waals surface area contributed by atoms with Gasteiger partial charge in [0.25, 0.3) is 5.56 Å². The molecule has 4 nitrogen and oxygen atoms in total. The van der Waals surface area contributed by atoms with Crippen molar-refractivity contribution in [3.63, 3.8) is 0 Å². The van der Waals surface area contributed by atoms with Gasteiger partial charge in [-0.05, 0) is 12.8 Å². The first kappa shape index (κ1) is 11.5. The summed E-state index contributed by atoms with van der Waals surface area (Å²) in [5, 5.41) is 0. The van der Waals surface area contributed by atoms with Crippen LogP contribution in [-0.4, -0.2) is 9.55 Å². The molecule has 15 heavy (non-hydrogen) atoms. The molecule has 1 aromatic heterocycles. The lowest BCUT2D eigenvalue weighted by Crippen LogP contribution is -2.31. The highest BCUT2D eigenvalue weighted by Crippen LogP contribution is 1.99. The molecule has 1 rings (SSSR count). The predicted molar refractivity (Wildman–Crippen MR) is 60.1 cm³/mol. The number of H-pyrrole nitrogens is 1. The number of hydrogen-bond acceptors (Lipinski definition) is 2. The summed E-state index contributed by atoms with van der Waals surface area (Å²) in [5.74, 6) is 0. The Hall–Kier alpha value is -1.58. The number of hydrogen-bond donors (Lipinski definition) is 1. The first-order valence-corrected chi connectivity index (χ1v) is 5.07. The van der Waals surface area contributed by atoms with E-state index in [1.165, 1.54) is 4.57 Å². The predicted octanol–water partition coefficient (Wildman–Crippen LogP) is 1.07. The van der Waals surface area contributed by atoms with Crippen molar-refractivity contribution in [1.82, 2.24) is 9.55 Å². The summed E-state index contributed by atoms with van der Waals surface area (Å²) < 4.78 is 1.49. The van der Waals surface area contributed by atoms with E-state index < -0.39 is 0 Å². The summed E-state index contributed by atoms with van der Waals surface area (Å²) in [6.45, 7) is 8.18. The molecule has 0 atom stereocenters. The summed E-state index contributed by atoms with van der Waals surface area (Å²) in [6, 6.07) is 0. The van der Waals surface area contributed by atoms with Crippen molar-refractivity contribution in [3.05, 3.63) is 44.8 Å². The average molecular weight is 208 g/mol. The van der Waals surface area contributed by atoms with E-state index in [4.69, 9.17) is 0 Å². The zero-order chi connectivity index (χ0) is 11.4. The lowest BCUT2D eigenvalue weighted by atomic mass is 10.2. The van der Waals surface area contributed by atoms with Gasteiger partial charge in [0.05, 0.1) is 0 Å². The van der Waals surface area contributed by atoms with Crippen molar-refractivity contribution in [2.24, 2.45) is 0 Å². The molecule has 0 radical (unpaired) electrons. The lowest BCUT2D eigenvalue weighted by Gasteiger charge is -2.07. The Labute approximate surface area is 88.3 Å². The van der Waals surface area contributed by atoms with Crippen LogP contribution in [0.15, 0.2) is 27.9 Å². The van der Waals surface area contributed by atoms with Gasteiger partial charge in [0.1, 0.15) is 0 Å². The maximum absolute atomic E-state index is 11.4. The molecule has 82 valence electrons. The number of aromatic amines is 1. The Morgan fingerprint density at radius 2 is 2.13 bits per heavy atom. The number of allylic oxidation sites excluding steroid dienone is 1. The Kier molecular flexibility index (Phi) is 3.66. The SMILES string of the molecule is C=C(CC)Cn1cc(CC)c(=O)[nH]c1=O. The van der Waals surface area contributed by atoms with Gasteiger partial charge >= 0.3 is 5.69 Å². The van der Waals surface area contributed by atoms with E-state index in [9.17, 15) is 9.59 Å². The van der Waals surface area contributed by atoms with Gasteiger partial charge in [0.2, 0.25) is 0 Å². The van der Waals surface area contributed by atoms with Gasteiger partial charge in [0, 0.05) is 18.3 Å². The topological polar surface area (TPSA) is 54.9 Å². The maximum Gasteiger partial charge on any atom is 0.328 e. The second kappa shape index (κ2) is 4.77. The van der Waals surface area contributed by atoms with Gasteiger partial charge < -0.3 is 0 Å².